The molecule has 0 heterocycles. The van der Waals surface area contributed by atoms with Gasteiger partial charge in [-0.05, 0) is 37.3 Å². The fraction of sp³-hybridized carbons (Fsp3) is 0.533. The molecule has 1 aromatic carbocycles. The molecule has 104 valence electrons. The van der Waals surface area contributed by atoms with Crippen molar-refractivity contribution in [3.8, 4) is 0 Å². The van der Waals surface area contributed by atoms with Crippen LogP contribution in [0.3, 0.4) is 0 Å². The molecular weight excluding hydrogens is 250 g/mol. The minimum atomic E-state index is -1.23. The molecule has 1 N–H and O–H groups in total. The molecule has 1 aliphatic rings. The lowest BCUT2D eigenvalue weighted by atomic mass is 9.82. The van der Waals surface area contributed by atoms with E-state index in [1.165, 1.54) is 19.1 Å². The Hall–Kier alpha value is -1.29. The predicted octanol–water partition coefficient (Wildman–Crippen LogP) is 3.40. The Kier molecular flexibility index (Phi) is 4.30. The molecule has 1 aliphatic carbocycles. The molecule has 1 atom stereocenters. The van der Waals surface area contributed by atoms with Crippen LogP contribution >= 0.6 is 0 Å². The number of Topliss-reactive ketones (excluding diaryl/α,β-unsaturated/α-hetero) is 1. The maximum atomic E-state index is 13.7. The number of benzene rings is 1. The number of ketones is 1. The van der Waals surface area contributed by atoms with Crippen molar-refractivity contribution in [2.75, 3.05) is 0 Å². The predicted molar refractivity (Wildman–Crippen MR) is 68.0 cm³/mol. The molecule has 2 rings (SSSR count). The van der Waals surface area contributed by atoms with E-state index in [0.717, 1.165) is 32.1 Å². The molecule has 19 heavy (non-hydrogen) atoms. The lowest BCUT2D eigenvalue weighted by Crippen LogP contribution is -2.31. The van der Waals surface area contributed by atoms with Gasteiger partial charge in [0.2, 0.25) is 0 Å². The van der Waals surface area contributed by atoms with Crippen molar-refractivity contribution in [3.63, 3.8) is 0 Å². The SMILES string of the molecule is Cc1ccc(C(=O)C(O)C2CCCCC2)c(F)c1F. The van der Waals surface area contributed by atoms with Gasteiger partial charge in [-0.15, -0.1) is 0 Å². The monoisotopic (exact) mass is 268 g/mol. The van der Waals surface area contributed by atoms with Crippen LogP contribution in [0.1, 0.15) is 48.0 Å². The second kappa shape index (κ2) is 5.78. The van der Waals surface area contributed by atoms with E-state index in [-0.39, 0.29) is 17.0 Å². The van der Waals surface area contributed by atoms with Gasteiger partial charge in [0.05, 0.1) is 5.56 Å². The molecule has 2 nitrogen and oxygen atoms in total. The zero-order valence-corrected chi connectivity index (χ0v) is 11.0. The summed E-state index contributed by atoms with van der Waals surface area (Å²) in [6.07, 6.45) is 3.35. The van der Waals surface area contributed by atoms with E-state index in [1.54, 1.807) is 0 Å². The van der Waals surface area contributed by atoms with E-state index in [1.807, 2.05) is 0 Å². The summed E-state index contributed by atoms with van der Waals surface area (Å²) < 4.78 is 27.2. The quantitative estimate of drug-likeness (QED) is 0.853. The van der Waals surface area contributed by atoms with Gasteiger partial charge in [0.25, 0.3) is 0 Å². The number of hydrogen-bond donors (Lipinski definition) is 1. The van der Waals surface area contributed by atoms with Crippen LogP contribution < -0.4 is 0 Å². The number of halogens is 2. The summed E-state index contributed by atoms with van der Waals surface area (Å²) >= 11 is 0. The number of carbonyl (C=O) groups excluding carboxylic acids is 1. The van der Waals surface area contributed by atoms with Gasteiger partial charge in [-0.2, -0.15) is 0 Å². The minimum Gasteiger partial charge on any atom is -0.385 e. The van der Waals surface area contributed by atoms with Gasteiger partial charge in [-0.3, -0.25) is 4.79 Å². The zero-order chi connectivity index (χ0) is 14.0. The van der Waals surface area contributed by atoms with Crippen LogP contribution in [-0.2, 0) is 0 Å². The summed E-state index contributed by atoms with van der Waals surface area (Å²) in [5.74, 6) is -3.00. The van der Waals surface area contributed by atoms with E-state index in [4.69, 9.17) is 0 Å². The van der Waals surface area contributed by atoms with Gasteiger partial charge in [-0.1, -0.05) is 25.3 Å². The molecule has 0 amide bonds. The Balaban J connectivity index is 2.21. The van der Waals surface area contributed by atoms with Gasteiger partial charge in [0, 0.05) is 0 Å². The van der Waals surface area contributed by atoms with Gasteiger partial charge in [-0.25, -0.2) is 8.78 Å². The second-order valence-corrected chi connectivity index (χ2v) is 5.27. The average molecular weight is 268 g/mol. The van der Waals surface area contributed by atoms with Gasteiger partial charge >= 0.3 is 0 Å². The van der Waals surface area contributed by atoms with Crippen LogP contribution in [0, 0.1) is 24.5 Å². The highest BCUT2D eigenvalue weighted by Gasteiger charge is 2.30. The molecule has 1 fully saturated rings. The van der Waals surface area contributed by atoms with Crippen molar-refractivity contribution in [2.45, 2.75) is 45.1 Å². The van der Waals surface area contributed by atoms with Crippen molar-refractivity contribution in [1.82, 2.24) is 0 Å². The summed E-state index contributed by atoms with van der Waals surface area (Å²) in [6.45, 7) is 1.43. The lowest BCUT2D eigenvalue weighted by Gasteiger charge is -2.25. The summed E-state index contributed by atoms with van der Waals surface area (Å²) in [6, 6.07) is 2.61. The van der Waals surface area contributed by atoms with E-state index in [9.17, 15) is 18.7 Å². The highest BCUT2D eigenvalue weighted by molar-refractivity contribution is 5.99. The number of hydrogen-bond acceptors (Lipinski definition) is 2. The number of aliphatic hydroxyl groups excluding tert-OH is 1. The normalized spacial score (nSPS) is 18.3. The minimum absolute atomic E-state index is 0.134. The summed E-state index contributed by atoms with van der Waals surface area (Å²) in [5.41, 5.74) is -0.192. The third-order valence-electron chi connectivity index (χ3n) is 3.91. The summed E-state index contributed by atoms with van der Waals surface area (Å²) in [5, 5.41) is 10.0. The number of aryl methyl sites for hydroxylation is 1. The first-order chi connectivity index (χ1) is 9.02. The van der Waals surface area contributed by atoms with Gasteiger partial charge < -0.3 is 5.11 Å². The highest BCUT2D eigenvalue weighted by Crippen LogP contribution is 2.28. The van der Waals surface area contributed by atoms with Crippen molar-refractivity contribution < 1.29 is 18.7 Å². The molecule has 0 aliphatic heterocycles. The van der Waals surface area contributed by atoms with E-state index < -0.39 is 23.5 Å². The molecule has 0 radical (unpaired) electrons. The largest absolute Gasteiger partial charge is 0.385 e. The molecular formula is C15H18F2O2. The average Bonchev–Trinajstić information content (AvgIpc) is 2.44. The molecule has 0 aromatic heterocycles. The van der Waals surface area contributed by atoms with Gasteiger partial charge in [0.15, 0.2) is 17.4 Å². The van der Waals surface area contributed by atoms with Crippen molar-refractivity contribution in [1.29, 1.82) is 0 Å². The van der Waals surface area contributed by atoms with E-state index >= 15 is 0 Å². The molecule has 1 saturated carbocycles. The molecule has 0 spiro atoms. The van der Waals surface area contributed by atoms with Crippen LogP contribution in [-0.4, -0.2) is 17.0 Å². The third-order valence-corrected chi connectivity index (χ3v) is 3.91. The maximum Gasteiger partial charge on any atom is 0.194 e. The molecule has 1 aromatic rings. The molecule has 0 saturated heterocycles. The van der Waals surface area contributed by atoms with Crippen molar-refractivity contribution in [2.24, 2.45) is 5.92 Å². The van der Waals surface area contributed by atoms with Crippen molar-refractivity contribution in [3.05, 3.63) is 34.9 Å². The lowest BCUT2D eigenvalue weighted by molar-refractivity contribution is 0.0529. The van der Waals surface area contributed by atoms with Crippen LogP contribution in [0.4, 0.5) is 8.78 Å². The van der Waals surface area contributed by atoms with Crippen LogP contribution in [0.15, 0.2) is 12.1 Å². The van der Waals surface area contributed by atoms with Crippen LogP contribution in [0.25, 0.3) is 0 Å². The standard InChI is InChI=1S/C15H18F2O2/c1-9-7-8-11(13(17)12(9)16)15(19)14(18)10-5-3-2-4-6-10/h7-8,10,14,18H,2-6H2,1H3. The fourth-order valence-electron chi connectivity index (χ4n) is 2.66. The first kappa shape index (κ1) is 14.1. The van der Waals surface area contributed by atoms with Gasteiger partial charge in [0.1, 0.15) is 6.10 Å². The third kappa shape index (κ3) is 2.84. The Bertz CT molecular complexity index is 479. The smallest absolute Gasteiger partial charge is 0.194 e. The topological polar surface area (TPSA) is 37.3 Å². The summed E-state index contributed by atoms with van der Waals surface area (Å²) in [7, 11) is 0. The fourth-order valence-corrected chi connectivity index (χ4v) is 2.66. The van der Waals surface area contributed by atoms with Crippen LogP contribution in [0.2, 0.25) is 0 Å². The first-order valence-electron chi connectivity index (χ1n) is 6.69. The zero-order valence-electron chi connectivity index (χ0n) is 11.0. The number of aliphatic hydroxyl groups is 1. The highest BCUT2D eigenvalue weighted by atomic mass is 19.2. The summed E-state index contributed by atoms with van der Waals surface area (Å²) in [4.78, 5) is 12.1. The Morgan fingerprint density at radius 1 is 1.21 bits per heavy atom. The Labute approximate surface area is 111 Å². The van der Waals surface area contributed by atoms with E-state index in [2.05, 4.69) is 0 Å². The molecule has 1 unspecified atom stereocenters. The Morgan fingerprint density at radius 3 is 2.47 bits per heavy atom. The van der Waals surface area contributed by atoms with E-state index in [0.29, 0.717) is 0 Å². The number of carbonyl (C=O) groups is 1. The number of rotatable bonds is 3. The second-order valence-electron chi connectivity index (χ2n) is 5.27. The van der Waals surface area contributed by atoms with Crippen molar-refractivity contribution >= 4 is 5.78 Å². The first-order valence-corrected chi connectivity index (χ1v) is 6.69. The molecule has 0 bridgehead atoms. The van der Waals surface area contributed by atoms with Crippen LogP contribution in [0.5, 0.6) is 0 Å². The maximum absolute atomic E-state index is 13.7. The Morgan fingerprint density at radius 2 is 1.84 bits per heavy atom. The molecule has 4 heteroatoms.